The number of Topliss-reactive ketones (excluding diaryl/α,β-unsaturated/α-hetero) is 1. The first-order chi connectivity index (χ1) is 17.9. The van der Waals surface area contributed by atoms with E-state index in [9.17, 15) is 14.4 Å². The van der Waals surface area contributed by atoms with Crippen molar-refractivity contribution in [2.45, 2.75) is 37.9 Å². The quantitative estimate of drug-likeness (QED) is 0.361. The number of piperidine rings is 1. The Morgan fingerprint density at radius 3 is 2.27 bits per heavy atom. The average Bonchev–Trinajstić information content (AvgIpc) is 2.93. The smallest absolute Gasteiger partial charge is 0.295 e. The van der Waals surface area contributed by atoms with Crippen LogP contribution in [0.4, 0.5) is 0 Å². The molecule has 2 heterocycles. The fourth-order valence-corrected chi connectivity index (χ4v) is 5.52. The van der Waals surface area contributed by atoms with Gasteiger partial charge in [0.05, 0.1) is 27.4 Å². The minimum atomic E-state index is -0.702. The van der Waals surface area contributed by atoms with Gasteiger partial charge < -0.3 is 24.0 Å². The van der Waals surface area contributed by atoms with Crippen molar-refractivity contribution in [1.82, 2.24) is 9.80 Å². The third-order valence-electron chi connectivity index (χ3n) is 7.31. The van der Waals surface area contributed by atoms with E-state index >= 15 is 0 Å². The van der Waals surface area contributed by atoms with E-state index in [2.05, 4.69) is 24.3 Å². The van der Waals surface area contributed by atoms with Gasteiger partial charge in [0.15, 0.2) is 11.5 Å². The number of hydrogen-bond donors (Lipinski definition) is 0. The maximum atomic E-state index is 13.5. The third-order valence-corrected chi connectivity index (χ3v) is 7.31. The zero-order valence-electron chi connectivity index (χ0n) is 21.2. The molecule has 37 heavy (non-hydrogen) atoms. The SMILES string of the molecule is COc1cc(C(=O)C(=O)N2C3CCCC2C(=O)N(Cc2ccc4ccccc4c2)C3)cc(OC)c1OC. The summed E-state index contributed by atoms with van der Waals surface area (Å²) in [4.78, 5) is 43.7. The van der Waals surface area contributed by atoms with Crippen molar-refractivity contribution in [3.8, 4) is 17.2 Å². The summed E-state index contributed by atoms with van der Waals surface area (Å²) in [6.07, 6.45) is 2.12. The molecule has 8 heteroatoms. The van der Waals surface area contributed by atoms with Crippen LogP contribution < -0.4 is 14.2 Å². The maximum absolute atomic E-state index is 13.5. The lowest BCUT2D eigenvalue weighted by molar-refractivity contribution is -0.157. The van der Waals surface area contributed by atoms with Crippen LogP contribution in [-0.2, 0) is 16.1 Å². The van der Waals surface area contributed by atoms with Gasteiger partial charge in [0.1, 0.15) is 6.04 Å². The lowest BCUT2D eigenvalue weighted by Crippen LogP contribution is -2.66. The molecule has 2 bridgehead atoms. The van der Waals surface area contributed by atoms with Crippen molar-refractivity contribution in [1.29, 1.82) is 0 Å². The van der Waals surface area contributed by atoms with Gasteiger partial charge in [-0.3, -0.25) is 14.4 Å². The van der Waals surface area contributed by atoms with Gasteiger partial charge in [-0.2, -0.15) is 0 Å². The van der Waals surface area contributed by atoms with Crippen molar-refractivity contribution >= 4 is 28.4 Å². The number of rotatable bonds is 7. The molecule has 2 amide bonds. The van der Waals surface area contributed by atoms with Gasteiger partial charge in [-0.15, -0.1) is 0 Å². The molecule has 2 fully saturated rings. The molecule has 0 saturated carbocycles. The highest BCUT2D eigenvalue weighted by atomic mass is 16.5. The van der Waals surface area contributed by atoms with Crippen LogP contribution in [0.3, 0.4) is 0 Å². The number of nitrogens with zero attached hydrogens (tertiary/aromatic N) is 2. The molecule has 8 nitrogen and oxygen atoms in total. The number of carbonyl (C=O) groups is 3. The number of benzene rings is 3. The molecule has 2 atom stereocenters. The third kappa shape index (κ3) is 4.48. The number of likely N-dealkylation sites (tertiary alicyclic amines) is 1. The zero-order valence-corrected chi connectivity index (χ0v) is 21.2. The Morgan fingerprint density at radius 2 is 1.59 bits per heavy atom. The number of carbonyl (C=O) groups excluding carboxylic acids is 3. The highest BCUT2D eigenvalue weighted by Crippen LogP contribution is 2.39. The van der Waals surface area contributed by atoms with Gasteiger partial charge in [0.2, 0.25) is 11.7 Å². The molecule has 192 valence electrons. The summed E-state index contributed by atoms with van der Waals surface area (Å²) >= 11 is 0. The van der Waals surface area contributed by atoms with Crippen LogP contribution in [0.15, 0.2) is 54.6 Å². The van der Waals surface area contributed by atoms with E-state index in [-0.39, 0.29) is 29.0 Å². The first kappa shape index (κ1) is 24.6. The van der Waals surface area contributed by atoms with Gasteiger partial charge in [0, 0.05) is 18.7 Å². The van der Waals surface area contributed by atoms with Gasteiger partial charge in [-0.1, -0.05) is 36.4 Å². The number of methoxy groups -OCH3 is 3. The second kappa shape index (κ2) is 10.1. The van der Waals surface area contributed by atoms with Crippen LogP contribution in [0.5, 0.6) is 17.2 Å². The lowest BCUT2D eigenvalue weighted by Gasteiger charge is -2.49. The molecule has 0 aliphatic carbocycles. The Bertz CT molecular complexity index is 1340. The first-order valence-corrected chi connectivity index (χ1v) is 12.4. The van der Waals surface area contributed by atoms with Gasteiger partial charge in [0.25, 0.3) is 11.7 Å². The van der Waals surface area contributed by atoms with Crippen LogP contribution in [-0.4, -0.2) is 67.4 Å². The molecular formula is C29H30N2O6. The van der Waals surface area contributed by atoms with Crippen molar-refractivity contribution in [2.75, 3.05) is 27.9 Å². The van der Waals surface area contributed by atoms with Crippen LogP contribution >= 0.6 is 0 Å². The highest BCUT2D eigenvalue weighted by Gasteiger charge is 2.47. The zero-order chi connectivity index (χ0) is 26.1. The summed E-state index contributed by atoms with van der Waals surface area (Å²) in [5.41, 5.74) is 1.17. The Kier molecular flexibility index (Phi) is 6.74. The topological polar surface area (TPSA) is 85.4 Å². The van der Waals surface area contributed by atoms with Crippen molar-refractivity contribution in [2.24, 2.45) is 0 Å². The summed E-state index contributed by atoms with van der Waals surface area (Å²) in [6.45, 7) is 0.871. The van der Waals surface area contributed by atoms with E-state index in [1.165, 1.54) is 38.4 Å². The van der Waals surface area contributed by atoms with Gasteiger partial charge in [-0.25, -0.2) is 0 Å². The van der Waals surface area contributed by atoms with E-state index in [0.717, 1.165) is 29.2 Å². The van der Waals surface area contributed by atoms with Crippen molar-refractivity contribution in [3.63, 3.8) is 0 Å². The van der Waals surface area contributed by atoms with E-state index in [1.807, 2.05) is 23.1 Å². The molecule has 0 radical (unpaired) electrons. The number of fused-ring (bicyclic) bond motifs is 3. The van der Waals surface area contributed by atoms with Crippen LogP contribution in [0.25, 0.3) is 10.8 Å². The fourth-order valence-electron chi connectivity index (χ4n) is 5.52. The minimum absolute atomic E-state index is 0.116. The maximum Gasteiger partial charge on any atom is 0.295 e. The Labute approximate surface area is 215 Å². The van der Waals surface area contributed by atoms with Gasteiger partial charge >= 0.3 is 0 Å². The lowest BCUT2D eigenvalue weighted by atomic mass is 9.89. The summed E-state index contributed by atoms with van der Waals surface area (Å²) < 4.78 is 16.0. The van der Waals surface area contributed by atoms with Crippen LogP contribution in [0, 0.1) is 0 Å². The summed E-state index contributed by atoms with van der Waals surface area (Å²) in [7, 11) is 4.37. The molecule has 3 aromatic rings. The molecule has 2 saturated heterocycles. The normalized spacial score (nSPS) is 19.1. The summed E-state index contributed by atoms with van der Waals surface area (Å²) in [5, 5.41) is 2.27. The van der Waals surface area contributed by atoms with Crippen molar-refractivity contribution < 1.29 is 28.6 Å². The Morgan fingerprint density at radius 1 is 0.892 bits per heavy atom. The molecule has 2 unspecified atom stereocenters. The van der Waals surface area contributed by atoms with Crippen molar-refractivity contribution in [3.05, 3.63) is 65.7 Å². The minimum Gasteiger partial charge on any atom is -0.493 e. The Balaban J connectivity index is 1.38. The number of amides is 2. The molecule has 0 aromatic heterocycles. The van der Waals surface area contributed by atoms with Crippen LogP contribution in [0.2, 0.25) is 0 Å². The number of ether oxygens (including phenoxy) is 3. The largest absolute Gasteiger partial charge is 0.493 e. The molecule has 0 spiro atoms. The highest BCUT2D eigenvalue weighted by molar-refractivity contribution is 6.43. The number of piperazine rings is 1. The number of hydrogen-bond acceptors (Lipinski definition) is 6. The first-order valence-electron chi connectivity index (χ1n) is 12.4. The predicted molar refractivity (Wildman–Crippen MR) is 138 cm³/mol. The van der Waals surface area contributed by atoms with E-state index < -0.39 is 17.7 Å². The molecule has 5 rings (SSSR count). The molecule has 0 N–H and O–H groups in total. The second-order valence-corrected chi connectivity index (χ2v) is 9.46. The predicted octanol–water partition coefficient (Wildman–Crippen LogP) is 3.84. The summed E-state index contributed by atoms with van der Waals surface area (Å²) in [6, 6.07) is 16.4. The van der Waals surface area contributed by atoms with Gasteiger partial charge in [-0.05, 0) is 53.8 Å². The Hall–Kier alpha value is -4.07. The van der Waals surface area contributed by atoms with E-state index in [1.54, 1.807) is 0 Å². The van der Waals surface area contributed by atoms with E-state index in [0.29, 0.717) is 25.3 Å². The molecular weight excluding hydrogens is 472 g/mol. The average molecular weight is 503 g/mol. The fraction of sp³-hybridized carbons (Fsp3) is 0.345. The molecule has 2 aliphatic heterocycles. The molecule has 2 aliphatic rings. The standard InChI is InChI=1S/C29H30N2O6/c1-35-24-14-21(15-25(36-2)27(24)37-3)26(32)29(34)31-22-9-6-10-23(31)28(33)30(17-22)16-18-11-12-19-7-4-5-8-20(19)13-18/h4-5,7-8,11-15,22-23H,6,9-10,16-17H2,1-3H3. The monoisotopic (exact) mass is 502 g/mol. The summed E-state index contributed by atoms with van der Waals surface area (Å²) in [5.74, 6) is -0.586. The van der Waals surface area contributed by atoms with Crippen LogP contribution in [0.1, 0.15) is 35.2 Å². The number of ketones is 1. The molecule has 3 aromatic carbocycles. The second-order valence-electron chi connectivity index (χ2n) is 9.46. The van der Waals surface area contributed by atoms with E-state index in [4.69, 9.17) is 14.2 Å².